The number of rotatable bonds is 4. The maximum atomic E-state index is 12.0. The number of carbonyl (C=O) groups excluding carboxylic acids is 2. The molecule has 0 aliphatic carbocycles. The van der Waals surface area contributed by atoms with Gasteiger partial charge in [-0.05, 0) is 12.1 Å². The number of ether oxygens (including phenoxy) is 1. The maximum Gasteiger partial charge on any atom is 0.308 e. The van der Waals surface area contributed by atoms with Crippen LogP contribution in [0.5, 0.6) is 5.75 Å². The van der Waals surface area contributed by atoms with E-state index in [9.17, 15) is 9.59 Å². The van der Waals surface area contributed by atoms with Gasteiger partial charge in [-0.3, -0.25) is 14.6 Å². The summed E-state index contributed by atoms with van der Waals surface area (Å²) in [5.74, 6) is -0.00772. The molecule has 0 bridgehead atoms. The summed E-state index contributed by atoms with van der Waals surface area (Å²) in [6.07, 6.45) is 1.67. The minimum Gasteiger partial charge on any atom is -0.425 e. The van der Waals surface area contributed by atoms with Crippen molar-refractivity contribution >= 4 is 11.8 Å². The van der Waals surface area contributed by atoms with Gasteiger partial charge in [-0.25, -0.2) is 0 Å². The summed E-state index contributed by atoms with van der Waals surface area (Å²) in [7, 11) is 0. The Hall–Kier alpha value is -2.49. The topological polar surface area (TPSA) is 56.3 Å². The maximum absolute atomic E-state index is 12.0. The van der Waals surface area contributed by atoms with Crippen LogP contribution in [0.25, 0.3) is 0 Å². The summed E-state index contributed by atoms with van der Waals surface area (Å²) in [5, 5.41) is 0. The van der Waals surface area contributed by atoms with E-state index in [1.165, 1.54) is 13.1 Å². The zero-order valence-corrected chi connectivity index (χ0v) is 10.5. The first-order valence-corrected chi connectivity index (χ1v) is 5.87. The molecule has 0 aliphatic heterocycles. The molecule has 1 heterocycles. The second kappa shape index (κ2) is 5.91. The molecule has 0 saturated carbocycles. The second-order valence-corrected chi connectivity index (χ2v) is 4.04. The molecule has 0 unspecified atom stereocenters. The van der Waals surface area contributed by atoms with Gasteiger partial charge in [0.1, 0.15) is 5.75 Å². The van der Waals surface area contributed by atoms with Crippen LogP contribution >= 0.6 is 0 Å². The zero-order valence-electron chi connectivity index (χ0n) is 10.5. The van der Waals surface area contributed by atoms with Crippen molar-refractivity contribution in [2.24, 2.45) is 0 Å². The van der Waals surface area contributed by atoms with Crippen LogP contribution < -0.4 is 4.74 Å². The number of hydrogen-bond donors (Lipinski definition) is 0. The molecule has 4 heteroatoms. The SMILES string of the molecule is CC(=O)Oc1ccc(CC(=O)c2ccccc2)nc1. The first-order chi connectivity index (χ1) is 9.15. The number of benzene rings is 1. The molecule has 0 aliphatic rings. The molecular weight excluding hydrogens is 242 g/mol. The number of nitrogens with zero attached hydrogens (tertiary/aromatic N) is 1. The summed E-state index contributed by atoms with van der Waals surface area (Å²) in [5.41, 5.74) is 1.30. The summed E-state index contributed by atoms with van der Waals surface area (Å²) in [4.78, 5) is 26.8. The Labute approximate surface area is 111 Å². The number of aromatic nitrogens is 1. The van der Waals surface area contributed by atoms with Gasteiger partial charge >= 0.3 is 5.97 Å². The van der Waals surface area contributed by atoms with Gasteiger partial charge in [0.05, 0.1) is 12.6 Å². The van der Waals surface area contributed by atoms with Gasteiger partial charge in [-0.2, -0.15) is 0 Å². The highest BCUT2D eigenvalue weighted by atomic mass is 16.5. The van der Waals surface area contributed by atoms with Crippen LogP contribution in [0.4, 0.5) is 0 Å². The third-order valence-electron chi connectivity index (χ3n) is 2.50. The van der Waals surface area contributed by atoms with Crippen molar-refractivity contribution in [3.05, 3.63) is 59.9 Å². The average Bonchev–Trinajstić information content (AvgIpc) is 2.41. The highest BCUT2D eigenvalue weighted by Crippen LogP contribution is 2.11. The first kappa shape index (κ1) is 13.0. The molecule has 19 heavy (non-hydrogen) atoms. The number of Topliss-reactive ketones (excluding diaryl/α,β-unsaturated/α-hetero) is 1. The van der Waals surface area contributed by atoms with Gasteiger partial charge in [0.15, 0.2) is 5.78 Å². The van der Waals surface area contributed by atoms with Crippen LogP contribution in [0.2, 0.25) is 0 Å². The molecule has 2 rings (SSSR count). The van der Waals surface area contributed by atoms with E-state index in [0.717, 1.165) is 0 Å². The van der Waals surface area contributed by atoms with Crippen LogP contribution in [-0.2, 0) is 11.2 Å². The predicted molar refractivity (Wildman–Crippen MR) is 70.0 cm³/mol. The van der Waals surface area contributed by atoms with Crippen LogP contribution in [0.3, 0.4) is 0 Å². The van der Waals surface area contributed by atoms with E-state index in [1.807, 2.05) is 18.2 Å². The van der Waals surface area contributed by atoms with Crippen molar-refractivity contribution in [2.45, 2.75) is 13.3 Å². The smallest absolute Gasteiger partial charge is 0.308 e. The van der Waals surface area contributed by atoms with E-state index in [4.69, 9.17) is 4.74 Å². The fourth-order valence-corrected chi connectivity index (χ4v) is 1.63. The minimum absolute atomic E-state index is 0.00772. The Kier molecular flexibility index (Phi) is 4.03. The fraction of sp³-hybridized carbons (Fsp3) is 0.133. The molecule has 0 radical (unpaired) electrons. The van der Waals surface area contributed by atoms with E-state index in [-0.39, 0.29) is 12.2 Å². The lowest BCUT2D eigenvalue weighted by atomic mass is 10.1. The Morgan fingerprint density at radius 3 is 2.42 bits per heavy atom. The van der Waals surface area contributed by atoms with Crippen LogP contribution in [0.15, 0.2) is 48.7 Å². The predicted octanol–water partition coefficient (Wildman–Crippen LogP) is 2.43. The fourth-order valence-electron chi connectivity index (χ4n) is 1.63. The largest absolute Gasteiger partial charge is 0.425 e. The van der Waals surface area contributed by atoms with Gasteiger partial charge in [-0.15, -0.1) is 0 Å². The second-order valence-electron chi connectivity index (χ2n) is 4.04. The van der Waals surface area contributed by atoms with Crippen molar-refractivity contribution < 1.29 is 14.3 Å². The van der Waals surface area contributed by atoms with E-state index in [0.29, 0.717) is 17.0 Å². The normalized spacial score (nSPS) is 9.95. The molecule has 1 aromatic carbocycles. The minimum atomic E-state index is -0.394. The van der Waals surface area contributed by atoms with Crippen molar-refractivity contribution in [3.8, 4) is 5.75 Å². The van der Waals surface area contributed by atoms with Crippen molar-refractivity contribution in [1.82, 2.24) is 4.98 Å². The van der Waals surface area contributed by atoms with Gasteiger partial charge < -0.3 is 4.74 Å². The summed E-state index contributed by atoms with van der Waals surface area (Å²) in [6, 6.07) is 12.4. The van der Waals surface area contributed by atoms with Gasteiger partial charge in [-0.1, -0.05) is 30.3 Å². The quantitative estimate of drug-likeness (QED) is 0.622. The molecule has 96 valence electrons. The molecule has 0 saturated heterocycles. The Morgan fingerprint density at radius 2 is 1.84 bits per heavy atom. The molecule has 0 spiro atoms. The molecule has 2 aromatic rings. The summed E-state index contributed by atoms with van der Waals surface area (Å²) >= 11 is 0. The van der Waals surface area contributed by atoms with Gasteiger partial charge in [0, 0.05) is 18.2 Å². The van der Waals surface area contributed by atoms with Crippen LogP contribution in [0.1, 0.15) is 23.0 Å². The number of pyridine rings is 1. The first-order valence-electron chi connectivity index (χ1n) is 5.87. The van der Waals surface area contributed by atoms with E-state index in [2.05, 4.69) is 4.98 Å². The highest BCUT2D eigenvalue weighted by Gasteiger charge is 2.07. The van der Waals surface area contributed by atoms with Gasteiger partial charge in [0.25, 0.3) is 0 Å². The van der Waals surface area contributed by atoms with Crippen molar-refractivity contribution in [1.29, 1.82) is 0 Å². The lowest BCUT2D eigenvalue weighted by molar-refractivity contribution is -0.131. The summed E-state index contributed by atoms with van der Waals surface area (Å²) in [6.45, 7) is 1.33. The lowest BCUT2D eigenvalue weighted by Gasteiger charge is -2.03. The Morgan fingerprint density at radius 1 is 1.11 bits per heavy atom. The highest BCUT2D eigenvalue weighted by molar-refractivity contribution is 5.97. The molecule has 0 amide bonds. The average molecular weight is 255 g/mol. The third-order valence-corrected chi connectivity index (χ3v) is 2.50. The lowest BCUT2D eigenvalue weighted by Crippen LogP contribution is -2.06. The number of esters is 1. The number of hydrogen-bond acceptors (Lipinski definition) is 4. The van der Waals surface area contributed by atoms with Crippen molar-refractivity contribution in [2.75, 3.05) is 0 Å². The van der Waals surface area contributed by atoms with Crippen molar-refractivity contribution in [3.63, 3.8) is 0 Å². The monoisotopic (exact) mass is 255 g/mol. The molecular formula is C15H13NO3. The number of ketones is 1. The molecule has 0 fully saturated rings. The van der Waals surface area contributed by atoms with E-state index >= 15 is 0 Å². The van der Waals surface area contributed by atoms with E-state index in [1.54, 1.807) is 24.3 Å². The number of carbonyl (C=O) groups is 2. The Bertz CT molecular complexity index is 576. The molecule has 4 nitrogen and oxygen atoms in total. The molecule has 0 atom stereocenters. The van der Waals surface area contributed by atoms with Crippen LogP contribution in [-0.4, -0.2) is 16.7 Å². The molecule has 1 aromatic heterocycles. The summed E-state index contributed by atoms with van der Waals surface area (Å²) < 4.78 is 4.87. The molecule has 0 N–H and O–H groups in total. The van der Waals surface area contributed by atoms with Gasteiger partial charge in [0.2, 0.25) is 0 Å². The van der Waals surface area contributed by atoms with E-state index < -0.39 is 5.97 Å². The zero-order chi connectivity index (χ0) is 13.7. The third kappa shape index (κ3) is 3.74. The Balaban J connectivity index is 2.04. The van der Waals surface area contributed by atoms with Crippen LogP contribution in [0, 0.1) is 0 Å². The standard InChI is InChI=1S/C15H13NO3/c1-11(17)19-14-8-7-13(16-10-14)9-15(18)12-5-3-2-4-6-12/h2-8,10H,9H2,1H3.